The highest BCUT2D eigenvalue weighted by Gasteiger charge is 2.35. The van der Waals surface area contributed by atoms with Gasteiger partial charge in [0.05, 0.1) is 25.5 Å². The molecule has 1 aliphatic carbocycles. The van der Waals surface area contributed by atoms with Crippen LogP contribution in [0, 0.1) is 0 Å². The quantitative estimate of drug-likeness (QED) is 0.369. The Labute approximate surface area is 208 Å². The Kier molecular flexibility index (Phi) is 6.03. The number of rotatable bonds is 6. The molecule has 1 aromatic carbocycles. The van der Waals surface area contributed by atoms with Crippen molar-refractivity contribution in [2.24, 2.45) is 7.05 Å². The van der Waals surface area contributed by atoms with Gasteiger partial charge >= 0.3 is 6.18 Å². The van der Waals surface area contributed by atoms with Gasteiger partial charge in [-0.05, 0) is 18.4 Å². The molecule has 1 aliphatic rings. The van der Waals surface area contributed by atoms with Crippen LogP contribution >= 0.6 is 11.6 Å². The van der Waals surface area contributed by atoms with Gasteiger partial charge < -0.3 is 9.30 Å². The standard InChI is InChI=1S/C24H20ClF3N6O2/c1-33-11-17(24(26,27)28)32-20(33)15-5-3-13(4-6-15)10-34-21(29-9-16(25)23(34)35)18-19(14-7-8-14)30-12-31-22(18)36-2/h3-6,9,11-12,14H,7-8,10H2,1-2H3. The molecule has 1 saturated carbocycles. The van der Waals surface area contributed by atoms with E-state index >= 15 is 0 Å². The van der Waals surface area contributed by atoms with E-state index in [4.69, 9.17) is 16.3 Å². The Bertz CT molecular complexity index is 1490. The zero-order valence-electron chi connectivity index (χ0n) is 19.3. The average molecular weight is 517 g/mol. The van der Waals surface area contributed by atoms with Gasteiger partial charge in [0, 0.05) is 24.7 Å². The number of hydrogen-bond acceptors (Lipinski definition) is 6. The molecule has 0 unspecified atom stereocenters. The van der Waals surface area contributed by atoms with Gasteiger partial charge in [0.1, 0.15) is 28.6 Å². The summed E-state index contributed by atoms with van der Waals surface area (Å²) in [5, 5.41) is -0.0492. The monoisotopic (exact) mass is 516 g/mol. The summed E-state index contributed by atoms with van der Waals surface area (Å²) in [5.41, 5.74) is 1.10. The number of aryl methyl sites for hydroxylation is 1. The van der Waals surface area contributed by atoms with Crippen LogP contribution in [0.4, 0.5) is 13.2 Å². The van der Waals surface area contributed by atoms with Crippen molar-refractivity contribution < 1.29 is 17.9 Å². The minimum absolute atomic E-state index is 0.0492. The molecule has 3 heterocycles. The maximum Gasteiger partial charge on any atom is 0.434 e. The molecule has 36 heavy (non-hydrogen) atoms. The summed E-state index contributed by atoms with van der Waals surface area (Å²) in [6, 6.07) is 6.74. The SMILES string of the molecule is COc1ncnc(C2CC2)c1-c1ncc(Cl)c(=O)n1Cc1ccc(-c2nc(C(F)(F)F)cn2C)cc1. The van der Waals surface area contributed by atoms with Crippen molar-refractivity contribution >= 4 is 11.6 Å². The predicted molar refractivity (Wildman–Crippen MR) is 126 cm³/mol. The van der Waals surface area contributed by atoms with E-state index < -0.39 is 17.4 Å². The lowest BCUT2D eigenvalue weighted by Crippen LogP contribution is -2.24. The lowest BCUT2D eigenvalue weighted by atomic mass is 10.1. The minimum Gasteiger partial charge on any atom is -0.480 e. The molecule has 3 aromatic heterocycles. The number of benzene rings is 1. The summed E-state index contributed by atoms with van der Waals surface area (Å²) in [7, 11) is 2.99. The number of nitrogens with zero attached hydrogens (tertiary/aromatic N) is 6. The summed E-state index contributed by atoms with van der Waals surface area (Å²) in [5.74, 6) is 1.04. The highest BCUT2D eigenvalue weighted by atomic mass is 35.5. The summed E-state index contributed by atoms with van der Waals surface area (Å²) in [4.78, 5) is 29.9. The third-order valence-corrected chi connectivity index (χ3v) is 6.21. The fourth-order valence-electron chi connectivity index (χ4n) is 4.04. The maximum absolute atomic E-state index is 13.1. The third-order valence-electron chi connectivity index (χ3n) is 5.95. The van der Waals surface area contributed by atoms with Crippen LogP contribution in [0.3, 0.4) is 0 Å². The van der Waals surface area contributed by atoms with Crippen molar-refractivity contribution in [3.05, 3.63) is 75.3 Å². The van der Waals surface area contributed by atoms with Gasteiger partial charge in [-0.2, -0.15) is 13.2 Å². The van der Waals surface area contributed by atoms with Crippen LogP contribution in [0.15, 0.2) is 47.8 Å². The van der Waals surface area contributed by atoms with Gasteiger partial charge in [0.25, 0.3) is 5.56 Å². The zero-order valence-corrected chi connectivity index (χ0v) is 20.0. The van der Waals surface area contributed by atoms with Crippen molar-refractivity contribution in [1.29, 1.82) is 0 Å². The van der Waals surface area contributed by atoms with E-state index in [2.05, 4.69) is 19.9 Å². The molecule has 0 N–H and O–H groups in total. The van der Waals surface area contributed by atoms with Gasteiger partial charge in [0.15, 0.2) is 5.69 Å². The Morgan fingerprint density at radius 1 is 1.11 bits per heavy atom. The predicted octanol–water partition coefficient (Wildman–Crippen LogP) is 4.71. The minimum atomic E-state index is -4.53. The topological polar surface area (TPSA) is 87.7 Å². The van der Waals surface area contributed by atoms with Gasteiger partial charge in [-0.3, -0.25) is 9.36 Å². The largest absolute Gasteiger partial charge is 0.480 e. The van der Waals surface area contributed by atoms with Gasteiger partial charge in [-0.25, -0.2) is 19.9 Å². The first-order chi connectivity index (χ1) is 17.2. The number of halogens is 4. The molecule has 12 heteroatoms. The summed E-state index contributed by atoms with van der Waals surface area (Å²) in [6.07, 6.45) is 1.07. The van der Waals surface area contributed by atoms with Crippen molar-refractivity contribution in [3.8, 4) is 28.7 Å². The third kappa shape index (κ3) is 4.46. The number of methoxy groups -OCH3 is 1. The first-order valence-corrected chi connectivity index (χ1v) is 11.4. The van der Waals surface area contributed by atoms with Crippen molar-refractivity contribution in [1.82, 2.24) is 29.1 Å². The molecule has 5 rings (SSSR count). The molecule has 0 saturated heterocycles. The first-order valence-electron chi connectivity index (χ1n) is 11.0. The van der Waals surface area contributed by atoms with Crippen molar-refractivity contribution in [2.45, 2.75) is 31.5 Å². The molecule has 0 bridgehead atoms. The highest BCUT2D eigenvalue weighted by Crippen LogP contribution is 2.45. The molecule has 0 atom stereocenters. The second-order valence-electron chi connectivity index (χ2n) is 8.49. The molecular weight excluding hydrogens is 497 g/mol. The van der Waals surface area contributed by atoms with E-state index in [9.17, 15) is 18.0 Å². The molecule has 0 spiro atoms. The Morgan fingerprint density at radius 3 is 2.44 bits per heavy atom. The molecule has 186 valence electrons. The zero-order chi connectivity index (χ0) is 25.6. The van der Waals surface area contributed by atoms with E-state index in [0.717, 1.165) is 24.7 Å². The van der Waals surface area contributed by atoms with E-state index in [-0.39, 0.29) is 23.3 Å². The van der Waals surface area contributed by atoms with Crippen molar-refractivity contribution in [3.63, 3.8) is 0 Å². The second-order valence-corrected chi connectivity index (χ2v) is 8.90. The highest BCUT2D eigenvalue weighted by molar-refractivity contribution is 6.30. The van der Waals surface area contributed by atoms with E-state index in [1.807, 2.05) is 0 Å². The van der Waals surface area contributed by atoms with Crippen molar-refractivity contribution in [2.75, 3.05) is 7.11 Å². The molecule has 8 nitrogen and oxygen atoms in total. The molecule has 0 aliphatic heterocycles. The number of aromatic nitrogens is 6. The normalized spacial score (nSPS) is 13.7. The van der Waals surface area contributed by atoms with Crippen LogP contribution in [0.5, 0.6) is 5.88 Å². The molecule has 1 fully saturated rings. The lowest BCUT2D eigenvalue weighted by molar-refractivity contribution is -0.140. The summed E-state index contributed by atoms with van der Waals surface area (Å²) in [6.45, 7) is 0.110. The molecular formula is C24H20ClF3N6O2. The fraction of sp³-hybridized carbons (Fsp3) is 0.292. The lowest BCUT2D eigenvalue weighted by Gasteiger charge is -2.16. The van der Waals surface area contributed by atoms with Crippen LogP contribution in [-0.2, 0) is 19.8 Å². The van der Waals surface area contributed by atoms with E-state index in [0.29, 0.717) is 28.4 Å². The first kappa shape index (κ1) is 24.0. The van der Waals surface area contributed by atoms with Gasteiger partial charge in [-0.15, -0.1) is 0 Å². The average Bonchev–Trinajstić information content (AvgIpc) is 3.62. The Hall–Kier alpha value is -3.73. The number of alkyl halides is 3. The van der Waals surface area contributed by atoms with Crippen LogP contribution in [-0.4, -0.2) is 36.2 Å². The van der Waals surface area contributed by atoms with Crippen LogP contribution in [0.25, 0.3) is 22.8 Å². The summed E-state index contributed by atoms with van der Waals surface area (Å²) < 4.78 is 47.3. The Balaban J connectivity index is 1.54. The second kappa shape index (κ2) is 9.05. The van der Waals surface area contributed by atoms with Gasteiger partial charge in [-0.1, -0.05) is 35.9 Å². The maximum atomic E-state index is 13.1. The molecule has 4 aromatic rings. The van der Waals surface area contributed by atoms with Crippen LogP contribution < -0.4 is 10.3 Å². The van der Waals surface area contributed by atoms with E-state index in [1.165, 1.54) is 35.8 Å². The fourth-order valence-corrected chi connectivity index (χ4v) is 4.19. The van der Waals surface area contributed by atoms with Crippen LogP contribution in [0.1, 0.15) is 35.7 Å². The molecule has 0 amide bonds. The number of ether oxygens (including phenoxy) is 1. The molecule has 0 radical (unpaired) electrons. The smallest absolute Gasteiger partial charge is 0.434 e. The summed E-state index contributed by atoms with van der Waals surface area (Å²) >= 11 is 6.13. The number of imidazole rings is 1. The van der Waals surface area contributed by atoms with E-state index in [1.54, 1.807) is 24.3 Å². The number of hydrogen-bond donors (Lipinski definition) is 0. The Morgan fingerprint density at radius 2 is 1.83 bits per heavy atom. The van der Waals surface area contributed by atoms with Gasteiger partial charge in [0.2, 0.25) is 5.88 Å². The van der Waals surface area contributed by atoms with Crippen LogP contribution in [0.2, 0.25) is 5.02 Å².